The Labute approximate surface area is 85.7 Å². The highest BCUT2D eigenvalue weighted by atomic mass is 15.0. The maximum absolute atomic E-state index is 4.33. The van der Waals surface area contributed by atoms with E-state index in [0.29, 0.717) is 6.04 Å². The van der Waals surface area contributed by atoms with Crippen LogP contribution in [0, 0.1) is 12.8 Å². The summed E-state index contributed by atoms with van der Waals surface area (Å²) < 4.78 is 0. The first-order valence-electron chi connectivity index (χ1n) is 5.43. The summed E-state index contributed by atoms with van der Waals surface area (Å²) >= 11 is 0. The van der Waals surface area contributed by atoms with Crippen LogP contribution in [0.25, 0.3) is 0 Å². The average Bonchev–Trinajstić information content (AvgIpc) is 2.93. The Morgan fingerprint density at radius 3 is 2.86 bits per heavy atom. The Morgan fingerprint density at radius 2 is 2.29 bits per heavy atom. The first-order chi connectivity index (χ1) is 6.74. The molecule has 1 aromatic rings. The van der Waals surface area contributed by atoms with Crippen LogP contribution in [0.2, 0.25) is 0 Å². The van der Waals surface area contributed by atoms with Crippen LogP contribution in [0.3, 0.4) is 0 Å². The van der Waals surface area contributed by atoms with Crippen LogP contribution in [0.1, 0.15) is 31.7 Å². The maximum atomic E-state index is 4.33. The van der Waals surface area contributed by atoms with Crippen molar-refractivity contribution in [2.45, 2.75) is 39.2 Å². The van der Waals surface area contributed by atoms with Gasteiger partial charge < -0.3 is 5.32 Å². The molecule has 1 unspecified atom stereocenters. The van der Waals surface area contributed by atoms with Gasteiger partial charge in [-0.05, 0) is 37.8 Å². The fourth-order valence-corrected chi connectivity index (χ4v) is 1.72. The first kappa shape index (κ1) is 9.50. The number of pyridine rings is 1. The highest BCUT2D eigenvalue weighted by Gasteiger charge is 2.23. The minimum atomic E-state index is 0.553. The molecule has 1 fully saturated rings. The Hall–Kier alpha value is -1.05. The van der Waals surface area contributed by atoms with Gasteiger partial charge in [-0.2, -0.15) is 0 Å². The molecule has 0 spiro atoms. The smallest absolute Gasteiger partial charge is 0.126 e. The van der Waals surface area contributed by atoms with Gasteiger partial charge >= 0.3 is 0 Å². The van der Waals surface area contributed by atoms with E-state index in [1.807, 2.05) is 6.20 Å². The van der Waals surface area contributed by atoms with Gasteiger partial charge in [-0.25, -0.2) is 4.98 Å². The lowest BCUT2D eigenvalue weighted by Gasteiger charge is -2.13. The molecule has 0 aromatic carbocycles. The van der Waals surface area contributed by atoms with Crippen LogP contribution < -0.4 is 5.32 Å². The van der Waals surface area contributed by atoms with Crippen molar-refractivity contribution in [3.8, 4) is 0 Å². The number of anilines is 1. The van der Waals surface area contributed by atoms with Crippen LogP contribution in [0.15, 0.2) is 18.3 Å². The second-order valence-corrected chi connectivity index (χ2v) is 4.45. The number of nitrogens with zero attached hydrogens (tertiary/aromatic N) is 1. The third kappa shape index (κ3) is 2.72. The predicted molar refractivity (Wildman–Crippen MR) is 59.4 cm³/mol. The monoisotopic (exact) mass is 190 g/mol. The number of aromatic nitrogens is 1. The SMILES string of the molecule is Cc1ccc(NC(C)CC2CC2)nc1. The molecule has 1 N–H and O–H groups in total. The van der Waals surface area contributed by atoms with Gasteiger partial charge in [0.05, 0.1) is 0 Å². The Morgan fingerprint density at radius 1 is 1.50 bits per heavy atom. The Kier molecular flexibility index (Phi) is 2.71. The molecule has 2 rings (SSSR count). The Balaban J connectivity index is 1.85. The molecule has 2 heteroatoms. The predicted octanol–water partition coefficient (Wildman–Crippen LogP) is 2.99. The second-order valence-electron chi connectivity index (χ2n) is 4.45. The summed E-state index contributed by atoms with van der Waals surface area (Å²) in [4.78, 5) is 4.33. The van der Waals surface area contributed by atoms with Crippen molar-refractivity contribution < 1.29 is 0 Å². The molecule has 0 bridgehead atoms. The fraction of sp³-hybridized carbons (Fsp3) is 0.583. The number of aryl methyl sites for hydroxylation is 1. The van der Waals surface area contributed by atoms with Crippen molar-refractivity contribution in [2.24, 2.45) is 5.92 Å². The molecule has 2 nitrogen and oxygen atoms in total. The van der Waals surface area contributed by atoms with Gasteiger partial charge in [0.15, 0.2) is 0 Å². The first-order valence-corrected chi connectivity index (χ1v) is 5.43. The number of hydrogen-bond donors (Lipinski definition) is 1. The van der Waals surface area contributed by atoms with Crippen LogP contribution in [-0.2, 0) is 0 Å². The van der Waals surface area contributed by atoms with E-state index < -0.39 is 0 Å². The lowest BCUT2D eigenvalue weighted by Crippen LogP contribution is -2.16. The molecular weight excluding hydrogens is 172 g/mol. The van der Waals surface area contributed by atoms with Crippen LogP contribution in [0.5, 0.6) is 0 Å². The Bertz CT molecular complexity index is 288. The largest absolute Gasteiger partial charge is 0.368 e. The van der Waals surface area contributed by atoms with Gasteiger partial charge in [0.2, 0.25) is 0 Å². The molecule has 0 saturated heterocycles. The number of rotatable bonds is 4. The summed E-state index contributed by atoms with van der Waals surface area (Å²) in [6, 6.07) is 4.70. The maximum Gasteiger partial charge on any atom is 0.126 e. The molecule has 0 aliphatic heterocycles. The molecule has 1 heterocycles. The molecule has 1 saturated carbocycles. The molecule has 76 valence electrons. The molecule has 1 aliphatic rings. The van der Waals surface area contributed by atoms with Gasteiger partial charge in [-0.1, -0.05) is 18.9 Å². The van der Waals surface area contributed by atoms with Gasteiger partial charge in [0, 0.05) is 12.2 Å². The molecule has 0 amide bonds. The molecule has 0 radical (unpaired) electrons. The lowest BCUT2D eigenvalue weighted by molar-refractivity contribution is 0.640. The zero-order chi connectivity index (χ0) is 9.97. The summed E-state index contributed by atoms with van der Waals surface area (Å²) in [6.07, 6.45) is 6.04. The summed E-state index contributed by atoms with van der Waals surface area (Å²) in [7, 11) is 0. The van der Waals surface area contributed by atoms with Crippen LogP contribution >= 0.6 is 0 Å². The number of nitrogens with one attached hydrogen (secondary N) is 1. The third-order valence-electron chi connectivity index (χ3n) is 2.69. The summed E-state index contributed by atoms with van der Waals surface area (Å²) in [5, 5.41) is 3.43. The van der Waals surface area contributed by atoms with E-state index in [-0.39, 0.29) is 0 Å². The van der Waals surface area contributed by atoms with E-state index >= 15 is 0 Å². The second kappa shape index (κ2) is 3.99. The number of hydrogen-bond acceptors (Lipinski definition) is 2. The minimum absolute atomic E-state index is 0.553. The fourth-order valence-electron chi connectivity index (χ4n) is 1.72. The van der Waals surface area contributed by atoms with Crippen molar-refractivity contribution in [1.82, 2.24) is 4.98 Å². The van der Waals surface area contributed by atoms with Crippen LogP contribution in [-0.4, -0.2) is 11.0 Å². The minimum Gasteiger partial charge on any atom is -0.368 e. The summed E-state index contributed by atoms with van der Waals surface area (Å²) in [5.41, 5.74) is 1.21. The molecule has 1 aliphatic carbocycles. The highest BCUT2D eigenvalue weighted by molar-refractivity contribution is 5.36. The summed E-state index contributed by atoms with van der Waals surface area (Å²) in [6.45, 7) is 4.30. The van der Waals surface area contributed by atoms with E-state index in [4.69, 9.17) is 0 Å². The standard InChI is InChI=1S/C12H18N2/c1-9-3-6-12(13-8-9)14-10(2)7-11-4-5-11/h3,6,8,10-11H,4-5,7H2,1-2H3,(H,13,14). The normalized spacial score (nSPS) is 17.9. The van der Waals surface area contributed by atoms with Crippen molar-refractivity contribution in [1.29, 1.82) is 0 Å². The van der Waals surface area contributed by atoms with E-state index in [9.17, 15) is 0 Å². The summed E-state index contributed by atoms with van der Waals surface area (Å²) in [5.74, 6) is 1.98. The molecule has 1 atom stereocenters. The topological polar surface area (TPSA) is 24.9 Å². The zero-order valence-corrected chi connectivity index (χ0v) is 8.96. The van der Waals surface area contributed by atoms with Crippen molar-refractivity contribution in [3.63, 3.8) is 0 Å². The van der Waals surface area contributed by atoms with Crippen molar-refractivity contribution in [3.05, 3.63) is 23.9 Å². The molecular formula is C12H18N2. The average molecular weight is 190 g/mol. The van der Waals surface area contributed by atoms with Crippen molar-refractivity contribution in [2.75, 3.05) is 5.32 Å². The van der Waals surface area contributed by atoms with E-state index in [1.165, 1.54) is 24.8 Å². The van der Waals surface area contributed by atoms with Crippen LogP contribution in [0.4, 0.5) is 5.82 Å². The van der Waals surface area contributed by atoms with Gasteiger partial charge in [-0.15, -0.1) is 0 Å². The van der Waals surface area contributed by atoms with E-state index in [2.05, 4.69) is 36.3 Å². The highest BCUT2D eigenvalue weighted by Crippen LogP contribution is 2.33. The molecule has 1 aromatic heterocycles. The van der Waals surface area contributed by atoms with E-state index in [1.54, 1.807) is 0 Å². The van der Waals surface area contributed by atoms with Gasteiger partial charge in [0.25, 0.3) is 0 Å². The van der Waals surface area contributed by atoms with Gasteiger partial charge in [0.1, 0.15) is 5.82 Å². The molecule has 14 heavy (non-hydrogen) atoms. The van der Waals surface area contributed by atoms with Crippen molar-refractivity contribution >= 4 is 5.82 Å². The lowest BCUT2D eigenvalue weighted by atomic mass is 10.1. The zero-order valence-electron chi connectivity index (χ0n) is 8.96. The van der Waals surface area contributed by atoms with E-state index in [0.717, 1.165) is 11.7 Å². The quantitative estimate of drug-likeness (QED) is 0.789. The third-order valence-corrected chi connectivity index (χ3v) is 2.69. The van der Waals surface area contributed by atoms with Gasteiger partial charge in [-0.3, -0.25) is 0 Å².